The van der Waals surface area contributed by atoms with Gasteiger partial charge in [-0.2, -0.15) is 4.98 Å². The Morgan fingerprint density at radius 3 is 2.48 bits per heavy atom. The van der Waals surface area contributed by atoms with E-state index in [4.69, 9.17) is 23.2 Å². The minimum absolute atomic E-state index is 0.0201. The number of benzene rings is 2. The molecule has 1 aromatic heterocycles. The van der Waals surface area contributed by atoms with Crippen LogP contribution in [0.4, 0.5) is 17.6 Å². The fourth-order valence-corrected chi connectivity index (χ4v) is 3.48. The number of rotatable bonds is 5. The lowest BCUT2D eigenvalue weighted by Gasteiger charge is -2.10. The maximum Gasteiger partial charge on any atom is 0.261 e. The molecule has 3 aromatic rings. The van der Waals surface area contributed by atoms with E-state index in [0.29, 0.717) is 22.2 Å². The third kappa shape index (κ3) is 4.73. The number of hydrogen-bond donors (Lipinski definition) is 4. The fourth-order valence-electron chi connectivity index (χ4n) is 3.18. The van der Waals surface area contributed by atoms with Crippen molar-refractivity contribution in [2.75, 3.05) is 28.6 Å². The molecule has 0 atom stereocenters. The molecule has 2 heterocycles. The molecule has 0 unspecified atom stereocenters. The van der Waals surface area contributed by atoms with E-state index < -0.39 is 11.8 Å². The van der Waals surface area contributed by atoms with Crippen molar-refractivity contribution >= 4 is 52.6 Å². The molecule has 31 heavy (non-hydrogen) atoms. The van der Waals surface area contributed by atoms with Crippen molar-refractivity contribution in [3.63, 3.8) is 0 Å². The normalized spacial score (nSPS) is 13.3. The Morgan fingerprint density at radius 1 is 1.00 bits per heavy atom. The quantitative estimate of drug-likeness (QED) is 0.457. The third-order valence-electron chi connectivity index (χ3n) is 4.78. The number of aromatic nitrogens is 3. The molecule has 1 aliphatic rings. The summed E-state index contributed by atoms with van der Waals surface area (Å²) in [4.78, 5) is 31.1. The van der Waals surface area contributed by atoms with Crippen LogP contribution in [0.25, 0.3) is 0 Å². The Balaban J connectivity index is 1.42. The molecular weight excluding hydrogens is 443 g/mol. The van der Waals surface area contributed by atoms with E-state index in [0.717, 1.165) is 25.9 Å². The van der Waals surface area contributed by atoms with Gasteiger partial charge in [-0.3, -0.25) is 14.9 Å². The van der Waals surface area contributed by atoms with Crippen LogP contribution in [-0.2, 0) is 0 Å². The van der Waals surface area contributed by atoms with Gasteiger partial charge in [0, 0.05) is 30.4 Å². The SMILES string of the molecule is O=C(Nc1ccc(C(=O)Nc2nc(N3CCCC3)n[nH]2)c(O)c1)c1ccc(Cl)c(Cl)c1. The van der Waals surface area contributed by atoms with Gasteiger partial charge < -0.3 is 15.3 Å². The molecule has 0 spiro atoms. The molecule has 0 bridgehead atoms. The monoisotopic (exact) mass is 460 g/mol. The smallest absolute Gasteiger partial charge is 0.261 e. The summed E-state index contributed by atoms with van der Waals surface area (Å²) in [6.45, 7) is 1.75. The number of phenols is 1. The lowest BCUT2D eigenvalue weighted by atomic mass is 10.1. The number of nitrogens with zero attached hydrogens (tertiary/aromatic N) is 3. The number of hydrogen-bond acceptors (Lipinski definition) is 6. The highest BCUT2D eigenvalue weighted by Gasteiger charge is 2.19. The second kappa shape index (κ2) is 8.83. The van der Waals surface area contributed by atoms with Crippen molar-refractivity contribution in [2.45, 2.75) is 12.8 Å². The van der Waals surface area contributed by atoms with Crippen molar-refractivity contribution in [3.8, 4) is 5.75 Å². The second-order valence-corrected chi connectivity index (χ2v) is 7.76. The Kier molecular flexibility index (Phi) is 5.97. The number of nitrogens with one attached hydrogen (secondary N) is 3. The van der Waals surface area contributed by atoms with Crippen molar-refractivity contribution in [3.05, 3.63) is 57.6 Å². The molecule has 1 aliphatic heterocycles. The Bertz CT molecular complexity index is 1140. The second-order valence-electron chi connectivity index (χ2n) is 6.95. The number of aromatic amines is 1. The largest absolute Gasteiger partial charge is 0.507 e. The number of phenolic OH excluding ortho intramolecular Hbond substituents is 1. The van der Waals surface area contributed by atoms with E-state index in [1.807, 2.05) is 4.90 Å². The van der Waals surface area contributed by atoms with E-state index in [1.165, 1.54) is 36.4 Å². The number of amides is 2. The molecule has 0 radical (unpaired) electrons. The summed E-state index contributed by atoms with van der Waals surface area (Å²) in [5, 5.41) is 22.8. The third-order valence-corrected chi connectivity index (χ3v) is 5.52. The van der Waals surface area contributed by atoms with Crippen LogP contribution < -0.4 is 15.5 Å². The minimum Gasteiger partial charge on any atom is -0.507 e. The van der Waals surface area contributed by atoms with E-state index in [9.17, 15) is 14.7 Å². The first-order valence-corrected chi connectivity index (χ1v) is 10.2. The van der Waals surface area contributed by atoms with Gasteiger partial charge in [0.05, 0.1) is 15.6 Å². The number of anilines is 3. The summed E-state index contributed by atoms with van der Waals surface area (Å²) < 4.78 is 0. The zero-order valence-electron chi connectivity index (χ0n) is 16.2. The van der Waals surface area contributed by atoms with Crippen LogP contribution in [0.3, 0.4) is 0 Å². The van der Waals surface area contributed by atoms with Gasteiger partial charge in [-0.15, -0.1) is 5.10 Å². The minimum atomic E-state index is -0.566. The number of aromatic hydroxyl groups is 1. The van der Waals surface area contributed by atoms with Gasteiger partial charge in [0.1, 0.15) is 5.75 Å². The van der Waals surface area contributed by atoms with Crippen molar-refractivity contribution in [2.24, 2.45) is 0 Å². The van der Waals surface area contributed by atoms with Gasteiger partial charge in [-0.1, -0.05) is 23.2 Å². The molecular formula is C20H18Cl2N6O3. The van der Waals surface area contributed by atoms with Crippen LogP contribution >= 0.6 is 23.2 Å². The van der Waals surface area contributed by atoms with Crippen molar-refractivity contribution < 1.29 is 14.7 Å². The first kappa shape index (κ1) is 21.0. The van der Waals surface area contributed by atoms with Crippen LogP contribution in [0.15, 0.2) is 36.4 Å². The fraction of sp³-hybridized carbons (Fsp3) is 0.200. The van der Waals surface area contributed by atoms with Crippen LogP contribution in [-0.4, -0.2) is 45.2 Å². The molecule has 11 heteroatoms. The highest BCUT2D eigenvalue weighted by Crippen LogP contribution is 2.26. The predicted molar refractivity (Wildman–Crippen MR) is 118 cm³/mol. The lowest BCUT2D eigenvalue weighted by molar-refractivity contribution is 0.101. The number of H-pyrrole nitrogens is 1. The average Bonchev–Trinajstić information content (AvgIpc) is 3.42. The van der Waals surface area contributed by atoms with Gasteiger partial charge in [0.15, 0.2) is 0 Å². The Labute approximate surface area is 187 Å². The topological polar surface area (TPSA) is 123 Å². The standard InChI is InChI=1S/C20H18Cl2N6O3/c21-14-6-3-11(9-15(14)22)17(30)23-12-4-5-13(16(29)10-12)18(31)24-19-25-20(27-26-19)28-7-1-2-8-28/h3-6,9-10,29H,1-2,7-8H2,(H,23,30)(H2,24,25,26,27,31). The molecule has 160 valence electrons. The summed E-state index contributed by atoms with van der Waals surface area (Å²) in [6.07, 6.45) is 2.16. The summed E-state index contributed by atoms with van der Waals surface area (Å²) >= 11 is 11.8. The zero-order chi connectivity index (χ0) is 22.0. The highest BCUT2D eigenvalue weighted by molar-refractivity contribution is 6.42. The maximum atomic E-state index is 12.5. The first-order chi connectivity index (χ1) is 14.9. The first-order valence-electron chi connectivity index (χ1n) is 9.49. The molecule has 1 saturated heterocycles. The average molecular weight is 461 g/mol. The molecule has 1 fully saturated rings. The van der Waals surface area contributed by atoms with Gasteiger partial charge in [-0.05, 0) is 43.2 Å². The van der Waals surface area contributed by atoms with Gasteiger partial charge in [0.2, 0.25) is 11.9 Å². The molecule has 9 nitrogen and oxygen atoms in total. The van der Waals surface area contributed by atoms with E-state index >= 15 is 0 Å². The summed E-state index contributed by atoms with van der Waals surface area (Å²) in [5.41, 5.74) is 0.627. The van der Waals surface area contributed by atoms with E-state index in [2.05, 4.69) is 25.8 Å². The number of halogens is 2. The summed E-state index contributed by atoms with van der Waals surface area (Å²) in [7, 11) is 0. The molecule has 2 aromatic carbocycles. The number of carbonyl (C=O) groups excluding carboxylic acids is 2. The Hall–Kier alpha value is -3.30. The predicted octanol–water partition coefficient (Wildman–Crippen LogP) is 3.92. The zero-order valence-corrected chi connectivity index (χ0v) is 17.7. The molecule has 4 N–H and O–H groups in total. The maximum absolute atomic E-state index is 12.5. The molecule has 0 aliphatic carbocycles. The van der Waals surface area contributed by atoms with Crippen molar-refractivity contribution in [1.29, 1.82) is 0 Å². The van der Waals surface area contributed by atoms with Gasteiger partial charge in [0.25, 0.3) is 11.8 Å². The van der Waals surface area contributed by atoms with Crippen LogP contribution in [0, 0.1) is 0 Å². The lowest BCUT2D eigenvalue weighted by Crippen LogP contribution is -2.19. The van der Waals surface area contributed by atoms with Crippen LogP contribution in [0.2, 0.25) is 10.0 Å². The van der Waals surface area contributed by atoms with E-state index in [1.54, 1.807) is 0 Å². The molecule has 4 rings (SSSR count). The number of carbonyl (C=O) groups is 2. The molecule has 2 amide bonds. The molecule has 0 saturated carbocycles. The van der Waals surface area contributed by atoms with Gasteiger partial charge >= 0.3 is 0 Å². The summed E-state index contributed by atoms with van der Waals surface area (Å²) in [5.74, 6) is -0.598. The van der Waals surface area contributed by atoms with E-state index in [-0.39, 0.29) is 22.3 Å². The van der Waals surface area contributed by atoms with Crippen molar-refractivity contribution in [1.82, 2.24) is 15.2 Å². The Morgan fingerprint density at radius 2 is 1.77 bits per heavy atom. The van der Waals surface area contributed by atoms with Crippen LogP contribution in [0.1, 0.15) is 33.6 Å². The summed E-state index contributed by atoms with van der Waals surface area (Å²) in [6, 6.07) is 8.66. The van der Waals surface area contributed by atoms with Crippen LogP contribution in [0.5, 0.6) is 5.75 Å². The van der Waals surface area contributed by atoms with Gasteiger partial charge in [-0.25, -0.2) is 5.10 Å². The highest BCUT2D eigenvalue weighted by atomic mass is 35.5.